The lowest BCUT2D eigenvalue weighted by molar-refractivity contribution is 0.0945. The van der Waals surface area contributed by atoms with Gasteiger partial charge in [-0.1, -0.05) is 22.9 Å². The van der Waals surface area contributed by atoms with Crippen molar-refractivity contribution in [2.45, 2.75) is 52.2 Å². The molecule has 1 aliphatic carbocycles. The zero-order valence-corrected chi connectivity index (χ0v) is 16.8. The first kappa shape index (κ1) is 19.1. The summed E-state index contributed by atoms with van der Waals surface area (Å²) in [4.78, 5) is 16.9. The largest absolute Gasteiger partial charge is 0.474 e. The Morgan fingerprint density at radius 3 is 2.69 bits per heavy atom. The van der Waals surface area contributed by atoms with Gasteiger partial charge in [-0.05, 0) is 63.3 Å². The topological polar surface area (TPSA) is 81.9 Å². The number of nitrogens with one attached hydrogen (secondary N) is 1. The molecule has 1 aliphatic rings. The van der Waals surface area contributed by atoms with E-state index in [0.717, 1.165) is 29.7 Å². The monoisotopic (exact) mass is 391 g/mol. The number of nitrogens with zero attached hydrogens (tertiary/aromatic N) is 4. The standard InChI is InChI=1S/C22H25N5O2/c1-15-7-9-18(10-8-15)27-16(2)21(25-26-27)22(28)24-14-17-11-12-23-20(13-17)29-19-5-3-4-6-19/h7-13,19H,3-6,14H2,1-2H3,(H,24,28). The highest BCUT2D eigenvalue weighted by Gasteiger charge is 2.18. The van der Waals surface area contributed by atoms with E-state index >= 15 is 0 Å². The summed E-state index contributed by atoms with van der Waals surface area (Å²) >= 11 is 0. The Morgan fingerprint density at radius 1 is 1.17 bits per heavy atom. The normalized spacial score (nSPS) is 14.1. The van der Waals surface area contributed by atoms with Crippen LogP contribution >= 0.6 is 0 Å². The van der Waals surface area contributed by atoms with E-state index in [2.05, 4.69) is 20.6 Å². The van der Waals surface area contributed by atoms with Crippen molar-refractivity contribution >= 4 is 5.91 Å². The fraction of sp³-hybridized carbons (Fsp3) is 0.364. The third-order valence-electron chi connectivity index (χ3n) is 5.23. The Hall–Kier alpha value is -3.22. The van der Waals surface area contributed by atoms with Crippen LogP contribution in [0, 0.1) is 13.8 Å². The molecule has 2 heterocycles. The maximum absolute atomic E-state index is 12.6. The van der Waals surface area contributed by atoms with Crippen molar-refractivity contribution in [2.24, 2.45) is 0 Å². The number of hydrogen-bond acceptors (Lipinski definition) is 5. The maximum Gasteiger partial charge on any atom is 0.274 e. The minimum atomic E-state index is -0.254. The van der Waals surface area contributed by atoms with Crippen LogP contribution in [0.25, 0.3) is 5.69 Å². The Morgan fingerprint density at radius 2 is 1.93 bits per heavy atom. The SMILES string of the molecule is Cc1ccc(-n2nnc(C(=O)NCc3ccnc(OC4CCCC4)c3)c2C)cc1. The fourth-order valence-corrected chi connectivity index (χ4v) is 3.54. The molecule has 0 aliphatic heterocycles. The summed E-state index contributed by atoms with van der Waals surface area (Å²) in [6.07, 6.45) is 6.56. The lowest BCUT2D eigenvalue weighted by Gasteiger charge is -2.12. The van der Waals surface area contributed by atoms with Crippen molar-refractivity contribution in [1.82, 2.24) is 25.3 Å². The van der Waals surface area contributed by atoms with Crippen molar-refractivity contribution in [3.05, 3.63) is 65.1 Å². The van der Waals surface area contributed by atoms with Gasteiger partial charge < -0.3 is 10.1 Å². The van der Waals surface area contributed by atoms with Gasteiger partial charge in [0.25, 0.3) is 5.91 Å². The summed E-state index contributed by atoms with van der Waals surface area (Å²) in [5.41, 5.74) is 4.00. The highest BCUT2D eigenvalue weighted by molar-refractivity contribution is 5.93. The van der Waals surface area contributed by atoms with Crippen molar-refractivity contribution in [2.75, 3.05) is 0 Å². The molecule has 29 heavy (non-hydrogen) atoms. The van der Waals surface area contributed by atoms with Crippen LogP contribution < -0.4 is 10.1 Å². The van der Waals surface area contributed by atoms with Gasteiger partial charge in [0.15, 0.2) is 5.69 Å². The summed E-state index contributed by atoms with van der Waals surface area (Å²) in [7, 11) is 0. The van der Waals surface area contributed by atoms with Crippen LogP contribution in [0.5, 0.6) is 5.88 Å². The molecule has 0 unspecified atom stereocenters. The quantitative estimate of drug-likeness (QED) is 0.695. The second-order valence-corrected chi connectivity index (χ2v) is 7.48. The second kappa shape index (κ2) is 8.43. The Labute approximate surface area is 170 Å². The molecule has 0 spiro atoms. The Balaban J connectivity index is 1.40. The molecular weight excluding hydrogens is 366 g/mol. The van der Waals surface area contributed by atoms with Gasteiger partial charge >= 0.3 is 0 Å². The molecule has 0 radical (unpaired) electrons. The molecule has 7 nitrogen and oxygen atoms in total. The smallest absolute Gasteiger partial charge is 0.274 e. The van der Waals surface area contributed by atoms with E-state index in [9.17, 15) is 4.79 Å². The van der Waals surface area contributed by atoms with E-state index in [1.165, 1.54) is 12.8 Å². The van der Waals surface area contributed by atoms with Crippen molar-refractivity contribution < 1.29 is 9.53 Å². The third-order valence-corrected chi connectivity index (χ3v) is 5.23. The lowest BCUT2D eigenvalue weighted by Crippen LogP contribution is -2.24. The van der Waals surface area contributed by atoms with Crippen LogP contribution in [-0.4, -0.2) is 32.0 Å². The van der Waals surface area contributed by atoms with Gasteiger partial charge in [-0.25, -0.2) is 9.67 Å². The molecule has 0 saturated heterocycles. The second-order valence-electron chi connectivity index (χ2n) is 7.48. The number of rotatable bonds is 6. The summed E-state index contributed by atoms with van der Waals surface area (Å²) < 4.78 is 7.61. The number of carbonyl (C=O) groups excluding carboxylic acids is 1. The number of amides is 1. The lowest BCUT2D eigenvalue weighted by atomic mass is 10.2. The predicted molar refractivity (Wildman–Crippen MR) is 109 cm³/mol. The zero-order chi connectivity index (χ0) is 20.2. The van der Waals surface area contributed by atoms with Crippen molar-refractivity contribution in [3.8, 4) is 11.6 Å². The van der Waals surface area contributed by atoms with E-state index in [1.807, 2.05) is 50.2 Å². The number of benzene rings is 1. The Bertz CT molecular complexity index is 991. The summed E-state index contributed by atoms with van der Waals surface area (Å²) in [6, 6.07) is 11.7. The third kappa shape index (κ3) is 4.45. The van der Waals surface area contributed by atoms with Crippen LogP contribution in [0.3, 0.4) is 0 Å². The molecule has 0 bridgehead atoms. The molecule has 7 heteroatoms. The van der Waals surface area contributed by atoms with Gasteiger partial charge in [-0.15, -0.1) is 5.10 Å². The fourth-order valence-electron chi connectivity index (χ4n) is 3.54. The van der Waals surface area contributed by atoms with Gasteiger partial charge in [-0.3, -0.25) is 4.79 Å². The van der Waals surface area contributed by atoms with E-state index in [-0.39, 0.29) is 12.0 Å². The summed E-state index contributed by atoms with van der Waals surface area (Å²) in [5.74, 6) is 0.362. The van der Waals surface area contributed by atoms with Gasteiger partial charge in [0.1, 0.15) is 6.10 Å². The number of carbonyl (C=O) groups is 1. The molecule has 2 aromatic heterocycles. The van der Waals surface area contributed by atoms with Crippen molar-refractivity contribution in [1.29, 1.82) is 0 Å². The molecule has 150 valence electrons. The van der Waals surface area contributed by atoms with Crippen LogP contribution in [-0.2, 0) is 6.54 Å². The molecule has 1 aromatic carbocycles. The first-order valence-corrected chi connectivity index (χ1v) is 9.99. The summed E-state index contributed by atoms with van der Waals surface area (Å²) in [6.45, 7) is 4.24. The number of ether oxygens (including phenoxy) is 1. The highest BCUT2D eigenvalue weighted by atomic mass is 16.5. The maximum atomic E-state index is 12.6. The number of aryl methyl sites for hydroxylation is 1. The average molecular weight is 391 g/mol. The molecule has 1 amide bonds. The molecule has 4 rings (SSSR count). The molecule has 1 saturated carbocycles. The van der Waals surface area contributed by atoms with Crippen LogP contribution in [0.15, 0.2) is 42.6 Å². The van der Waals surface area contributed by atoms with E-state index < -0.39 is 0 Å². The molecule has 1 fully saturated rings. The van der Waals surface area contributed by atoms with Gasteiger partial charge in [0.2, 0.25) is 5.88 Å². The zero-order valence-electron chi connectivity index (χ0n) is 16.8. The molecule has 1 N–H and O–H groups in total. The Kier molecular flexibility index (Phi) is 5.55. The van der Waals surface area contributed by atoms with Gasteiger partial charge in [0, 0.05) is 18.8 Å². The van der Waals surface area contributed by atoms with Gasteiger partial charge in [-0.2, -0.15) is 0 Å². The minimum absolute atomic E-state index is 0.254. The van der Waals surface area contributed by atoms with E-state index in [1.54, 1.807) is 10.9 Å². The first-order chi connectivity index (χ1) is 14.1. The molecule has 0 atom stereocenters. The molecule has 3 aromatic rings. The van der Waals surface area contributed by atoms with Crippen LogP contribution in [0.1, 0.15) is 53.0 Å². The number of hydrogen-bond donors (Lipinski definition) is 1. The first-order valence-electron chi connectivity index (χ1n) is 9.99. The summed E-state index contributed by atoms with van der Waals surface area (Å²) in [5, 5.41) is 11.1. The minimum Gasteiger partial charge on any atom is -0.474 e. The number of pyridine rings is 1. The van der Waals surface area contributed by atoms with Crippen LogP contribution in [0.4, 0.5) is 0 Å². The van der Waals surface area contributed by atoms with E-state index in [0.29, 0.717) is 23.8 Å². The van der Waals surface area contributed by atoms with Crippen LogP contribution in [0.2, 0.25) is 0 Å². The predicted octanol–water partition coefficient (Wildman–Crippen LogP) is 3.53. The van der Waals surface area contributed by atoms with Gasteiger partial charge in [0.05, 0.1) is 11.4 Å². The van der Waals surface area contributed by atoms with Crippen molar-refractivity contribution in [3.63, 3.8) is 0 Å². The van der Waals surface area contributed by atoms with E-state index in [4.69, 9.17) is 4.74 Å². The average Bonchev–Trinajstić information content (AvgIpc) is 3.37. The highest BCUT2D eigenvalue weighted by Crippen LogP contribution is 2.23. The molecular formula is C22H25N5O2. The number of aromatic nitrogens is 4.